The molecule has 2 aromatic carbocycles. The minimum absolute atomic E-state index is 0.116. The van der Waals surface area contributed by atoms with Gasteiger partial charge in [-0.05, 0) is 48.9 Å². The molecular weight excluding hydrogens is 308 g/mol. The summed E-state index contributed by atoms with van der Waals surface area (Å²) in [6, 6.07) is 14.6. The summed E-state index contributed by atoms with van der Waals surface area (Å²) in [4.78, 5) is 11.6. The van der Waals surface area contributed by atoms with Gasteiger partial charge in [0.25, 0.3) is 0 Å². The first-order valence-electron chi connectivity index (χ1n) is 5.79. The van der Waals surface area contributed by atoms with Gasteiger partial charge in [-0.2, -0.15) is 0 Å². The van der Waals surface area contributed by atoms with E-state index in [1.807, 2.05) is 31.2 Å². The molecule has 0 aliphatic rings. The lowest BCUT2D eigenvalue weighted by Gasteiger charge is -2.07. The third kappa shape index (κ3) is 4.41. The van der Waals surface area contributed by atoms with Crippen LogP contribution in [0.2, 0.25) is 0 Å². The zero-order chi connectivity index (χ0) is 13.7. The van der Waals surface area contributed by atoms with Crippen molar-refractivity contribution in [3.05, 3.63) is 58.6 Å². The standard InChI is InChI=1S/C15H13BrO3/c1-11-3-2-4-14(9-11)19-15(17)10-18-13-7-5-12(16)6-8-13/h2-9H,10H2,1H3. The molecule has 0 radical (unpaired) electrons. The Morgan fingerprint density at radius 3 is 2.53 bits per heavy atom. The quantitative estimate of drug-likeness (QED) is 0.636. The Morgan fingerprint density at radius 2 is 1.84 bits per heavy atom. The van der Waals surface area contributed by atoms with Crippen molar-refractivity contribution in [2.24, 2.45) is 0 Å². The van der Waals surface area contributed by atoms with Crippen molar-refractivity contribution in [1.29, 1.82) is 0 Å². The van der Waals surface area contributed by atoms with Crippen molar-refractivity contribution in [3.63, 3.8) is 0 Å². The van der Waals surface area contributed by atoms with Crippen LogP contribution in [0.4, 0.5) is 0 Å². The maximum Gasteiger partial charge on any atom is 0.349 e. The average Bonchev–Trinajstić information content (AvgIpc) is 2.38. The van der Waals surface area contributed by atoms with Crippen LogP contribution in [-0.2, 0) is 4.79 Å². The molecule has 2 aromatic rings. The highest BCUT2D eigenvalue weighted by molar-refractivity contribution is 9.10. The molecule has 0 saturated heterocycles. The molecule has 19 heavy (non-hydrogen) atoms. The predicted octanol–water partition coefficient (Wildman–Crippen LogP) is 3.74. The highest BCUT2D eigenvalue weighted by Gasteiger charge is 2.06. The Kier molecular flexibility index (Phi) is 4.58. The lowest BCUT2D eigenvalue weighted by molar-refractivity contribution is -0.136. The van der Waals surface area contributed by atoms with Gasteiger partial charge in [0.1, 0.15) is 11.5 Å². The number of aryl methyl sites for hydroxylation is 1. The van der Waals surface area contributed by atoms with Crippen LogP contribution in [-0.4, -0.2) is 12.6 Å². The molecule has 0 aromatic heterocycles. The molecule has 4 heteroatoms. The Bertz CT molecular complexity index is 564. The second-order valence-corrected chi connectivity index (χ2v) is 4.95. The van der Waals surface area contributed by atoms with Gasteiger partial charge in [-0.1, -0.05) is 28.1 Å². The molecule has 0 heterocycles. The third-order valence-corrected chi connectivity index (χ3v) is 2.92. The number of hydrogen-bond donors (Lipinski definition) is 0. The van der Waals surface area contributed by atoms with Gasteiger partial charge in [0.15, 0.2) is 6.61 Å². The molecule has 0 spiro atoms. The molecule has 3 nitrogen and oxygen atoms in total. The monoisotopic (exact) mass is 320 g/mol. The molecule has 0 saturated carbocycles. The lowest BCUT2D eigenvalue weighted by atomic mass is 10.2. The second-order valence-electron chi connectivity index (χ2n) is 4.03. The van der Waals surface area contributed by atoms with E-state index in [0.29, 0.717) is 11.5 Å². The van der Waals surface area contributed by atoms with Crippen LogP contribution in [0.5, 0.6) is 11.5 Å². The molecule has 0 unspecified atom stereocenters. The minimum atomic E-state index is -0.423. The van der Waals surface area contributed by atoms with Crippen LogP contribution in [0.15, 0.2) is 53.0 Å². The van der Waals surface area contributed by atoms with E-state index in [1.165, 1.54) is 0 Å². The van der Waals surface area contributed by atoms with Crippen LogP contribution >= 0.6 is 15.9 Å². The fourth-order valence-corrected chi connectivity index (χ4v) is 1.78. The summed E-state index contributed by atoms with van der Waals surface area (Å²) in [5.74, 6) is 0.738. The van der Waals surface area contributed by atoms with Crippen molar-refractivity contribution < 1.29 is 14.3 Å². The van der Waals surface area contributed by atoms with Crippen LogP contribution in [0.25, 0.3) is 0 Å². The lowest BCUT2D eigenvalue weighted by Crippen LogP contribution is -2.17. The van der Waals surface area contributed by atoms with Gasteiger partial charge < -0.3 is 9.47 Å². The maximum atomic E-state index is 11.6. The number of benzene rings is 2. The number of hydrogen-bond acceptors (Lipinski definition) is 3. The average molecular weight is 321 g/mol. The van der Waals surface area contributed by atoms with Gasteiger partial charge in [0, 0.05) is 4.47 Å². The number of carbonyl (C=O) groups excluding carboxylic acids is 1. The maximum absolute atomic E-state index is 11.6. The normalized spacial score (nSPS) is 10.0. The summed E-state index contributed by atoms with van der Waals surface area (Å²) in [7, 11) is 0. The fraction of sp³-hybridized carbons (Fsp3) is 0.133. The molecule has 0 bridgehead atoms. The van der Waals surface area contributed by atoms with E-state index in [4.69, 9.17) is 9.47 Å². The van der Waals surface area contributed by atoms with Gasteiger partial charge in [0.05, 0.1) is 0 Å². The summed E-state index contributed by atoms with van der Waals surface area (Å²) in [6.45, 7) is 1.82. The molecule has 2 rings (SSSR count). The van der Waals surface area contributed by atoms with E-state index in [0.717, 1.165) is 10.0 Å². The van der Waals surface area contributed by atoms with E-state index in [1.54, 1.807) is 24.3 Å². The number of esters is 1. The molecule has 0 aliphatic heterocycles. The van der Waals surface area contributed by atoms with E-state index in [-0.39, 0.29) is 6.61 Å². The van der Waals surface area contributed by atoms with E-state index >= 15 is 0 Å². The topological polar surface area (TPSA) is 35.5 Å². The van der Waals surface area contributed by atoms with Crippen LogP contribution in [0, 0.1) is 6.92 Å². The summed E-state index contributed by atoms with van der Waals surface area (Å²) >= 11 is 3.33. The minimum Gasteiger partial charge on any atom is -0.482 e. The van der Waals surface area contributed by atoms with Crippen LogP contribution in [0.3, 0.4) is 0 Å². The summed E-state index contributed by atoms with van der Waals surface area (Å²) in [5.41, 5.74) is 1.04. The highest BCUT2D eigenvalue weighted by Crippen LogP contribution is 2.16. The summed E-state index contributed by atoms with van der Waals surface area (Å²) in [6.07, 6.45) is 0. The van der Waals surface area contributed by atoms with Crippen LogP contribution in [0.1, 0.15) is 5.56 Å². The van der Waals surface area contributed by atoms with Crippen molar-refractivity contribution >= 4 is 21.9 Å². The zero-order valence-corrected chi connectivity index (χ0v) is 12.0. The Morgan fingerprint density at radius 1 is 1.11 bits per heavy atom. The number of ether oxygens (including phenoxy) is 2. The highest BCUT2D eigenvalue weighted by atomic mass is 79.9. The first-order chi connectivity index (χ1) is 9.13. The largest absolute Gasteiger partial charge is 0.482 e. The summed E-state index contributed by atoms with van der Waals surface area (Å²) in [5, 5.41) is 0. The zero-order valence-electron chi connectivity index (χ0n) is 10.4. The van der Waals surface area contributed by atoms with Gasteiger partial charge >= 0.3 is 5.97 Å². The predicted molar refractivity (Wildman–Crippen MR) is 76.5 cm³/mol. The molecule has 0 amide bonds. The molecule has 0 aliphatic carbocycles. The van der Waals surface area contributed by atoms with Crippen LogP contribution < -0.4 is 9.47 Å². The molecule has 0 atom stereocenters. The first-order valence-corrected chi connectivity index (χ1v) is 6.58. The van der Waals surface area contributed by atoms with E-state index in [9.17, 15) is 4.79 Å². The van der Waals surface area contributed by atoms with Crippen molar-refractivity contribution in [1.82, 2.24) is 0 Å². The van der Waals surface area contributed by atoms with Gasteiger partial charge in [-0.3, -0.25) is 0 Å². The van der Waals surface area contributed by atoms with Crippen molar-refractivity contribution in [2.45, 2.75) is 6.92 Å². The Labute approximate surface area is 120 Å². The second kappa shape index (κ2) is 6.38. The third-order valence-electron chi connectivity index (χ3n) is 2.39. The van der Waals surface area contributed by atoms with E-state index < -0.39 is 5.97 Å². The Hall–Kier alpha value is -1.81. The van der Waals surface area contributed by atoms with Gasteiger partial charge in [0.2, 0.25) is 0 Å². The van der Waals surface area contributed by atoms with E-state index in [2.05, 4.69) is 15.9 Å². The number of rotatable bonds is 4. The van der Waals surface area contributed by atoms with Crippen molar-refractivity contribution in [2.75, 3.05) is 6.61 Å². The summed E-state index contributed by atoms with van der Waals surface area (Å²) < 4.78 is 11.5. The molecule has 0 N–H and O–H groups in total. The van der Waals surface area contributed by atoms with Gasteiger partial charge in [-0.15, -0.1) is 0 Å². The Balaban J connectivity index is 1.86. The first kappa shape index (κ1) is 13.6. The smallest absolute Gasteiger partial charge is 0.349 e. The molecule has 0 fully saturated rings. The van der Waals surface area contributed by atoms with Gasteiger partial charge in [-0.25, -0.2) is 4.79 Å². The number of carbonyl (C=O) groups is 1. The number of halogens is 1. The molecular formula is C15H13BrO3. The SMILES string of the molecule is Cc1cccc(OC(=O)COc2ccc(Br)cc2)c1. The molecule has 98 valence electrons. The fourth-order valence-electron chi connectivity index (χ4n) is 1.51. The van der Waals surface area contributed by atoms with Crippen molar-refractivity contribution in [3.8, 4) is 11.5 Å².